The first-order valence-corrected chi connectivity index (χ1v) is 10.3. The monoisotopic (exact) mass is 383 g/mol. The lowest BCUT2D eigenvalue weighted by atomic mass is 9.83. The second-order valence-electron chi connectivity index (χ2n) is 8.60. The zero-order chi connectivity index (χ0) is 20.2. The van der Waals surface area contributed by atoms with Crippen molar-refractivity contribution in [1.82, 2.24) is 0 Å². The summed E-state index contributed by atoms with van der Waals surface area (Å²) in [6.45, 7) is 4.56. The van der Waals surface area contributed by atoms with Crippen molar-refractivity contribution in [3.8, 4) is 11.3 Å². The number of fused-ring (bicyclic) bond motifs is 3. The molecular formula is C26H25NO2. The zero-order valence-electron chi connectivity index (χ0n) is 17.2. The summed E-state index contributed by atoms with van der Waals surface area (Å²) < 4.78 is 6.22. The molecule has 5 rings (SSSR count). The van der Waals surface area contributed by atoms with Gasteiger partial charge in [0, 0.05) is 35.5 Å². The van der Waals surface area contributed by atoms with E-state index in [2.05, 4.69) is 68.3 Å². The Morgan fingerprint density at radius 2 is 1.86 bits per heavy atom. The number of aryl methyl sites for hydroxylation is 1. The van der Waals surface area contributed by atoms with Crippen LogP contribution < -0.4 is 10.3 Å². The molecule has 1 aromatic rings. The Kier molecular flexibility index (Phi) is 4.02. The Morgan fingerprint density at radius 3 is 2.69 bits per heavy atom. The number of anilines is 1. The van der Waals surface area contributed by atoms with Crippen LogP contribution in [0.1, 0.15) is 43.6 Å². The molecule has 146 valence electrons. The predicted octanol–water partition coefficient (Wildman–Crippen LogP) is 5.78. The maximum atomic E-state index is 11.8. The number of hydrogen-bond acceptors (Lipinski definition) is 3. The first-order chi connectivity index (χ1) is 13.9. The van der Waals surface area contributed by atoms with Crippen LogP contribution in [0.4, 0.5) is 5.69 Å². The minimum absolute atomic E-state index is 0.0169. The first kappa shape index (κ1) is 18.0. The summed E-state index contributed by atoms with van der Waals surface area (Å²) in [4.78, 5) is 14.0. The highest BCUT2D eigenvalue weighted by Gasteiger charge is 2.37. The number of allylic oxidation sites excluding steroid dienone is 4. The van der Waals surface area contributed by atoms with Crippen molar-refractivity contribution in [1.29, 1.82) is 0 Å². The third-order valence-corrected chi connectivity index (χ3v) is 6.39. The SMILES string of the molecule is CN1C(=CC=C2CCCc3cc4ccc(=O)cc-4oc32)C(C)(C)c2ccccc21. The van der Waals surface area contributed by atoms with Crippen molar-refractivity contribution in [2.45, 2.75) is 38.5 Å². The van der Waals surface area contributed by atoms with E-state index in [1.807, 2.05) is 6.07 Å². The van der Waals surface area contributed by atoms with Gasteiger partial charge in [0.25, 0.3) is 0 Å². The van der Waals surface area contributed by atoms with Gasteiger partial charge in [0.1, 0.15) is 11.5 Å². The quantitative estimate of drug-likeness (QED) is 0.534. The van der Waals surface area contributed by atoms with E-state index >= 15 is 0 Å². The number of para-hydroxylation sites is 1. The van der Waals surface area contributed by atoms with E-state index in [1.165, 1.54) is 28.1 Å². The van der Waals surface area contributed by atoms with Crippen molar-refractivity contribution in [3.05, 3.63) is 93.5 Å². The Labute approximate surface area is 171 Å². The van der Waals surface area contributed by atoms with Gasteiger partial charge < -0.3 is 9.32 Å². The molecule has 0 radical (unpaired) electrons. The molecule has 0 N–H and O–H groups in total. The average molecular weight is 383 g/mol. The van der Waals surface area contributed by atoms with Crippen LogP contribution in [0.5, 0.6) is 0 Å². The molecule has 29 heavy (non-hydrogen) atoms. The lowest BCUT2D eigenvalue weighted by molar-refractivity contribution is 0.526. The van der Waals surface area contributed by atoms with Crippen LogP contribution in [-0.2, 0) is 11.8 Å². The van der Waals surface area contributed by atoms with Gasteiger partial charge in [-0.15, -0.1) is 0 Å². The topological polar surface area (TPSA) is 33.5 Å². The fraction of sp³-hybridized carbons (Fsp3) is 0.269. The van der Waals surface area contributed by atoms with E-state index in [-0.39, 0.29) is 10.8 Å². The summed E-state index contributed by atoms with van der Waals surface area (Å²) in [5, 5.41) is 0. The van der Waals surface area contributed by atoms with Crippen molar-refractivity contribution < 1.29 is 4.42 Å². The Bertz CT molecular complexity index is 1200. The molecule has 0 atom stereocenters. The van der Waals surface area contributed by atoms with Crippen LogP contribution in [-0.4, -0.2) is 7.05 Å². The van der Waals surface area contributed by atoms with Crippen molar-refractivity contribution in [3.63, 3.8) is 0 Å². The maximum Gasteiger partial charge on any atom is 0.182 e. The third-order valence-electron chi connectivity index (χ3n) is 6.39. The van der Waals surface area contributed by atoms with Crippen LogP contribution in [0.25, 0.3) is 16.9 Å². The Hall–Kier alpha value is -3.07. The van der Waals surface area contributed by atoms with E-state index in [0.717, 1.165) is 30.6 Å². The van der Waals surface area contributed by atoms with Gasteiger partial charge in [-0.3, -0.25) is 4.79 Å². The molecule has 0 fully saturated rings. The van der Waals surface area contributed by atoms with Crippen LogP contribution in [0.3, 0.4) is 0 Å². The molecule has 0 bridgehead atoms. The third kappa shape index (κ3) is 2.84. The smallest absolute Gasteiger partial charge is 0.182 e. The lowest BCUT2D eigenvalue weighted by Gasteiger charge is -2.24. The molecule has 0 saturated heterocycles. The van der Waals surface area contributed by atoms with Gasteiger partial charge in [0.2, 0.25) is 0 Å². The molecule has 0 saturated carbocycles. The van der Waals surface area contributed by atoms with E-state index in [0.29, 0.717) is 5.76 Å². The van der Waals surface area contributed by atoms with Crippen LogP contribution in [0.2, 0.25) is 0 Å². The molecule has 3 nitrogen and oxygen atoms in total. The minimum atomic E-state index is -0.0438. The number of hydrogen-bond donors (Lipinski definition) is 0. The standard InChI is InChI=1S/C26H25NO2/c1-26(2)21-9-4-5-10-22(21)27(3)24(26)14-12-17-7-6-8-19-15-18-11-13-20(28)16-23(18)29-25(17)19/h4-5,9-16H,6-8H2,1-3H3. The Morgan fingerprint density at radius 1 is 1.03 bits per heavy atom. The van der Waals surface area contributed by atoms with Gasteiger partial charge in [-0.1, -0.05) is 38.1 Å². The molecule has 2 aliphatic heterocycles. The zero-order valence-corrected chi connectivity index (χ0v) is 17.2. The molecule has 0 amide bonds. The van der Waals surface area contributed by atoms with Gasteiger partial charge in [0.15, 0.2) is 5.43 Å². The van der Waals surface area contributed by atoms with Gasteiger partial charge in [-0.2, -0.15) is 0 Å². The van der Waals surface area contributed by atoms with Crippen LogP contribution >= 0.6 is 0 Å². The molecule has 0 spiro atoms. The lowest BCUT2D eigenvalue weighted by Crippen LogP contribution is -2.22. The van der Waals surface area contributed by atoms with Crippen molar-refractivity contribution in [2.75, 3.05) is 11.9 Å². The molecule has 3 heteroatoms. The van der Waals surface area contributed by atoms with Gasteiger partial charge in [-0.05, 0) is 66.3 Å². The van der Waals surface area contributed by atoms with Crippen LogP contribution in [0.15, 0.2) is 75.6 Å². The van der Waals surface area contributed by atoms with Crippen LogP contribution in [0, 0.1) is 0 Å². The van der Waals surface area contributed by atoms with E-state index < -0.39 is 0 Å². The molecule has 1 aromatic carbocycles. The highest BCUT2D eigenvalue weighted by Crippen LogP contribution is 2.47. The van der Waals surface area contributed by atoms with E-state index in [1.54, 1.807) is 12.1 Å². The molecule has 0 aromatic heterocycles. The van der Waals surface area contributed by atoms with Gasteiger partial charge in [-0.25, -0.2) is 0 Å². The minimum Gasteiger partial charge on any atom is -0.456 e. The van der Waals surface area contributed by atoms with E-state index in [9.17, 15) is 4.79 Å². The van der Waals surface area contributed by atoms with Crippen molar-refractivity contribution >= 4 is 11.3 Å². The summed E-state index contributed by atoms with van der Waals surface area (Å²) in [7, 11) is 2.14. The normalized spacial score (nSPS) is 20.3. The average Bonchev–Trinajstić information content (AvgIpc) is 2.91. The van der Waals surface area contributed by atoms with Gasteiger partial charge in [0.05, 0.1) is 0 Å². The highest BCUT2D eigenvalue weighted by atomic mass is 16.3. The molecule has 2 heterocycles. The molecule has 4 aliphatic rings. The van der Waals surface area contributed by atoms with Gasteiger partial charge >= 0.3 is 0 Å². The first-order valence-electron chi connectivity index (χ1n) is 10.3. The molecule has 2 aliphatic carbocycles. The summed E-state index contributed by atoms with van der Waals surface area (Å²) in [5.74, 6) is 1.60. The number of benzene rings is 2. The summed E-state index contributed by atoms with van der Waals surface area (Å²) in [6.07, 6.45) is 7.57. The second-order valence-corrected chi connectivity index (χ2v) is 8.60. The fourth-order valence-corrected chi connectivity index (χ4v) is 4.83. The summed E-state index contributed by atoms with van der Waals surface area (Å²) in [5.41, 5.74) is 7.27. The molecule has 0 unspecified atom stereocenters. The highest BCUT2D eigenvalue weighted by molar-refractivity contribution is 5.74. The Balaban J connectivity index is 1.60. The predicted molar refractivity (Wildman–Crippen MR) is 118 cm³/mol. The number of nitrogens with zero attached hydrogens (tertiary/aromatic N) is 1. The summed E-state index contributed by atoms with van der Waals surface area (Å²) in [6, 6.07) is 15.8. The molecular weight excluding hydrogens is 358 g/mol. The summed E-state index contributed by atoms with van der Waals surface area (Å²) >= 11 is 0. The fourth-order valence-electron chi connectivity index (χ4n) is 4.83. The van der Waals surface area contributed by atoms with E-state index in [4.69, 9.17) is 4.42 Å². The number of rotatable bonds is 1. The maximum absolute atomic E-state index is 11.8. The van der Waals surface area contributed by atoms with Crippen molar-refractivity contribution in [2.24, 2.45) is 0 Å². The second kappa shape index (κ2) is 6.48. The number of likely N-dealkylation sites (N-methyl/N-ethyl adjacent to an activating group) is 1. The largest absolute Gasteiger partial charge is 0.456 e.